The van der Waals surface area contributed by atoms with E-state index in [2.05, 4.69) is 0 Å². The van der Waals surface area contributed by atoms with E-state index in [-0.39, 0.29) is 22.0 Å². The molecule has 0 bridgehead atoms. The van der Waals surface area contributed by atoms with Gasteiger partial charge in [0.15, 0.2) is 0 Å². The van der Waals surface area contributed by atoms with Crippen molar-refractivity contribution in [3.8, 4) is 0 Å². The van der Waals surface area contributed by atoms with Crippen LogP contribution in [0.4, 0.5) is 10.1 Å². The fourth-order valence-electron chi connectivity index (χ4n) is 4.37. The minimum absolute atomic E-state index is 0.0397. The van der Waals surface area contributed by atoms with E-state index in [0.717, 1.165) is 63.2 Å². The minimum Gasteiger partial charge on any atom is -0.477 e. The number of carboxylic acid groups (broad SMARTS) is 1. The van der Waals surface area contributed by atoms with Crippen LogP contribution >= 0.6 is 23.2 Å². The van der Waals surface area contributed by atoms with Gasteiger partial charge in [-0.2, -0.15) is 0 Å². The van der Waals surface area contributed by atoms with E-state index >= 15 is 0 Å². The molecule has 35 heavy (non-hydrogen) atoms. The van der Waals surface area contributed by atoms with Crippen LogP contribution in [0.25, 0.3) is 10.9 Å². The van der Waals surface area contributed by atoms with E-state index in [0.29, 0.717) is 16.2 Å². The fraction of sp³-hybridized carbons (Fsp3) is 0.346. The van der Waals surface area contributed by atoms with Crippen molar-refractivity contribution < 1.29 is 14.3 Å². The Morgan fingerprint density at radius 3 is 2.26 bits per heavy atom. The number of rotatable bonds is 4. The summed E-state index contributed by atoms with van der Waals surface area (Å²) in [6.45, 7) is 1.45. The number of aromatic nitrogens is 1. The monoisotopic (exact) mass is 517 g/mol. The zero-order valence-electron chi connectivity index (χ0n) is 19.1. The molecule has 6 nitrogen and oxygen atoms in total. The molecule has 1 saturated heterocycles. The second-order valence-corrected chi connectivity index (χ2v) is 9.64. The molecule has 2 aliphatic rings. The van der Waals surface area contributed by atoms with Crippen molar-refractivity contribution in [3.63, 3.8) is 0 Å². The van der Waals surface area contributed by atoms with Gasteiger partial charge >= 0.3 is 5.97 Å². The number of fused-ring (bicyclic) bond motifs is 1. The largest absolute Gasteiger partial charge is 0.477 e. The van der Waals surface area contributed by atoms with Crippen LogP contribution in [-0.2, 0) is 0 Å². The van der Waals surface area contributed by atoms with Gasteiger partial charge in [0.1, 0.15) is 11.4 Å². The fourth-order valence-corrected chi connectivity index (χ4v) is 4.90. The van der Waals surface area contributed by atoms with Gasteiger partial charge in [0.2, 0.25) is 5.43 Å². The Hall–Kier alpha value is -2.90. The lowest BCUT2D eigenvalue weighted by Crippen LogP contribution is -2.26. The number of hydrogen-bond donors (Lipinski definition) is 2. The number of halogens is 3. The second kappa shape index (κ2) is 10.8. The van der Waals surface area contributed by atoms with Gasteiger partial charge in [-0.05, 0) is 49.4 Å². The first-order chi connectivity index (χ1) is 16.8. The minimum atomic E-state index is -1.31. The third-order valence-corrected chi connectivity index (χ3v) is 6.92. The molecule has 0 radical (unpaired) electrons. The van der Waals surface area contributed by atoms with Gasteiger partial charge in [0, 0.05) is 36.6 Å². The first kappa shape index (κ1) is 25.2. The summed E-state index contributed by atoms with van der Waals surface area (Å²) in [5.41, 5.74) is 0.622. The molecule has 9 heteroatoms. The molecule has 5 rings (SSSR count). The van der Waals surface area contributed by atoms with Crippen molar-refractivity contribution >= 4 is 52.0 Å². The smallest absolute Gasteiger partial charge is 0.341 e. The number of benzene rings is 2. The highest BCUT2D eigenvalue weighted by molar-refractivity contribution is 6.38. The van der Waals surface area contributed by atoms with E-state index in [1.165, 1.54) is 12.4 Å². The predicted molar refractivity (Wildman–Crippen MR) is 138 cm³/mol. The number of hydrogen-bond acceptors (Lipinski definition) is 4. The third kappa shape index (κ3) is 5.52. The standard InChI is InChI=1S/C19H20ClFN2O3.C7H6ClN/c20-15-16-12(9-14(21)17(15)22-7-3-1-2-4-8-22)18(24)13(19(25)26)10-23(16)11-5-6-11;8-7-3-1-6(5-9)2-4-7/h9-11H,1-8H2,(H,25,26);1-5,9H. The average molecular weight is 518 g/mol. The number of pyridine rings is 1. The lowest BCUT2D eigenvalue weighted by Gasteiger charge is -2.26. The lowest BCUT2D eigenvalue weighted by molar-refractivity contribution is 0.0695. The quantitative estimate of drug-likeness (QED) is 0.384. The van der Waals surface area contributed by atoms with Crippen molar-refractivity contribution in [3.05, 3.63) is 73.7 Å². The van der Waals surface area contributed by atoms with Crippen LogP contribution in [0, 0.1) is 11.2 Å². The number of carboxylic acids is 1. The molecule has 1 saturated carbocycles. The Morgan fingerprint density at radius 2 is 1.71 bits per heavy atom. The highest BCUT2D eigenvalue weighted by Crippen LogP contribution is 2.42. The molecule has 2 N–H and O–H groups in total. The second-order valence-electron chi connectivity index (χ2n) is 8.83. The highest BCUT2D eigenvalue weighted by atomic mass is 35.5. The number of aromatic carboxylic acids is 1. The summed E-state index contributed by atoms with van der Waals surface area (Å²) in [6, 6.07) is 8.40. The Kier molecular flexibility index (Phi) is 7.77. The average Bonchev–Trinajstić information content (AvgIpc) is 3.69. The van der Waals surface area contributed by atoms with E-state index in [1.54, 1.807) is 28.8 Å². The summed E-state index contributed by atoms with van der Waals surface area (Å²) in [6.07, 6.45) is 8.60. The van der Waals surface area contributed by atoms with Gasteiger partial charge in [-0.15, -0.1) is 0 Å². The van der Waals surface area contributed by atoms with Gasteiger partial charge in [-0.3, -0.25) is 4.79 Å². The molecule has 2 fully saturated rings. The maximum Gasteiger partial charge on any atom is 0.341 e. The van der Waals surface area contributed by atoms with Crippen LogP contribution in [-0.4, -0.2) is 34.9 Å². The molecule has 1 aliphatic carbocycles. The summed E-state index contributed by atoms with van der Waals surface area (Å²) < 4.78 is 16.7. The summed E-state index contributed by atoms with van der Waals surface area (Å²) in [7, 11) is 0. The van der Waals surface area contributed by atoms with Crippen LogP contribution in [0.1, 0.15) is 60.5 Å². The molecule has 1 aliphatic heterocycles. The summed E-state index contributed by atoms with van der Waals surface area (Å²) in [5, 5.41) is 17.1. The lowest BCUT2D eigenvalue weighted by atomic mass is 10.1. The van der Waals surface area contributed by atoms with Crippen LogP contribution in [0.3, 0.4) is 0 Å². The first-order valence-corrected chi connectivity index (χ1v) is 12.4. The highest BCUT2D eigenvalue weighted by Gasteiger charge is 2.30. The summed E-state index contributed by atoms with van der Waals surface area (Å²) in [5.74, 6) is -1.87. The number of anilines is 1. The topological polar surface area (TPSA) is 86.4 Å². The van der Waals surface area contributed by atoms with Crippen LogP contribution < -0.4 is 10.3 Å². The number of carbonyl (C=O) groups is 1. The molecule has 0 atom stereocenters. The van der Waals surface area contributed by atoms with E-state index < -0.39 is 17.2 Å². The summed E-state index contributed by atoms with van der Waals surface area (Å²) >= 11 is 12.2. The molecule has 2 aromatic carbocycles. The van der Waals surface area contributed by atoms with Crippen LogP contribution in [0.5, 0.6) is 0 Å². The van der Waals surface area contributed by atoms with Crippen LogP contribution in [0.15, 0.2) is 41.3 Å². The maximum atomic E-state index is 14.9. The number of nitrogens with one attached hydrogen (secondary N) is 1. The van der Waals surface area contributed by atoms with Crippen molar-refractivity contribution in [1.82, 2.24) is 4.57 Å². The van der Waals surface area contributed by atoms with Gasteiger partial charge in [0.05, 0.1) is 21.6 Å². The Balaban J connectivity index is 0.000000271. The molecule has 0 spiro atoms. The first-order valence-electron chi connectivity index (χ1n) is 11.6. The molecule has 184 valence electrons. The molecule has 2 heterocycles. The van der Waals surface area contributed by atoms with E-state index in [9.17, 15) is 19.1 Å². The zero-order valence-corrected chi connectivity index (χ0v) is 20.6. The normalized spacial score (nSPS) is 15.8. The molecule has 1 aromatic heterocycles. The van der Waals surface area contributed by atoms with Crippen molar-refractivity contribution in [2.45, 2.75) is 44.6 Å². The molecular weight excluding hydrogens is 492 g/mol. The molecule has 0 amide bonds. The SMILES string of the molecule is N=Cc1ccc(Cl)cc1.O=C(O)c1cn(C2CC2)c2c(Cl)c(N3CCCCCC3)c(F)cc2c1=O. The molecule has 0 unspecified atom stereocenters. The van der Waals surface area contributed by atoms with Crippen molar-refractivity contribution in [2.75, 3.05) is 18.0 Å². The summed E-state index contributed by atoms with van der Waals surface area (Å²) in [4.78, 5) is 26.0. The van der Waals surface area contributed by atoms with Crippen LogP contribution in [0.2, 0.25) is 10.0 Å². The zero-order chi connectivity index (χ0) is 25.1. The van der Waals surface area contributed by atoms with Gasteiger partial charge in [-0.25, -0.2) is 9.18 Å². The van der Waals surface area contributed by atoms with Gasteiger partial charge < -0.3 is 20.0 Å². The van der Waals surface area contributed by atoms with Gasteiger partial charge in [-0.1, -0.05) is 48.2 Å². The van der Waals surface area contributed by atoms with Crippen molar-refractivity contribution in [2.24, 2.45) is 0 Å². The molecular formula is C26H26Cl2FN3O3. The van der Waals surface area contributed by atoms with Crippen molar-refractivity contribution in [1.29, 1.82) is 5.41 Å². The maximum absolute atomic E-state index is 14.9. The third-order valence-electron chi connectivity index (χ3n) is 6.31. The predicted octanol–water partition coefficient (Wildman–Crippen LogP) is 6.55. The number of nitrogens with zero attached hydrogens (tertiary/aromatic N) is 2. The van der Waals surface area contributed by atoms with Gasteiger partial charge in [0.25, 0.3) is 0 Å². The Morgan fingerprint density at radius 1 is 1.09 bits per heavy atom. The molecule has 3 aromatic rings. The van der Waals surface area contributed by atoms with E-state index in [1.807, 2.05) is 4.90 Å². The van der Waals surface area contributed by atoms with E-state index in [4.69, 9.17) is 28.6 Å². The Bertz CT molecular complexity index is 1310. The Labute approximate surface area is 212 Å².